The fourth-order valence-corrected chi connectivity index (χ4v) is 2.37. The van der Waals surface area contributed by atoms with Gasteiger partial charge in [-0.2, -0.15) is 0 Å². The first-order valence-electron chi connectivity index (χ1n) is 7.35. The summed E-state index contributed by atoms with van der Waals surface area (Å²) in [7, 11) is 4.19. The van der Waals surface area contributed by atoms with Gasteiger partial charge >= 0.3 is 0 Å². The molecule has 1 aliphatic rings. The Kier molecular flexibility index (Phi) is 5.26. The van der Waals surface area contributed by atoms with Crippen LogP contribution in [0.5, 0.6) is 11.5 Å². The summed E-state index contributed by atoms with van der Waals surface area (Å²) in [6.07, 6.45) is 1.23. The first kappa shape index (κ1) is 15.1. The Morgan fingerprint density at radius 3 is 2.70 bits per heavy atom. The molecule has 0 radical (unpaired) electrons. The zero-order valence-corrected chi connectivity index (χ0v) is 13.0. The summed E-state index contributed by atoms with van der Waals surface area (Å²) in [5.41, 5.74) is 1.24. The number of nitrogens with one attached hydrogen (secondary N) is 1. The average molecular weight is 278 g/mol. The summed E-state index contributed by atoms with van der Waals surface area (Å²) in [4.78, 5) is 2.38. The van der Waals surface area contributed by atoms with E-state index in [1.807, 2.05) is 13.1 Å². The van der Waals surface area contributed by atoms with Gasteiger partial charge in [0.05, 0.1) is 0 Å². The van der Waals surface area contributed by atoms with Gasteiger partial charge in [-0.25, -0.2) is 0 Å². The number of rotatable bonds is 7. The lowest BCUT2D eigenvalue weighted by atomic mass is 10.1. The highest BCUT2D eigenvalue weighted by atomic mass is 16.7. The number of hydrogen-bond acceptors (Lipinski definition) is 4. The Labute approximate surface area is 122 Å². The van der Waals surface area contributed by atoms with Crippen LogP contribution in [0.1, 0.15) is 31.9 Å². The predicted molar refractivity (Wildman–Crippen MR) is 81.3 cm³/mol. The summed E-state index contributed by atoms with van der Waals surface area (Å²) in [6, 6.07) is 6.50. The summed E-state index contributed by atoms with van der Waals surface area (Å²) in [6.45, 7) is 6.98. The van der Waals surface area contributed by atoms with Crippen LogP contribution in [0, 0.1) is 5.92 Å². The van der Waals surface area contributed by atoms with Gasteiger partial charge in [0.1, 0.15) is 0 Å². The largest absolute Gasteiger partial charge is 0.454 e. The predicted octanol–water partition coefficient (Wildman–Crippen LogP) is 2.65. The quantitative estimate of drug-likeness (QED) is 0.831. The van der Waals surface area contributed by atoms with E-state index in [0.29, 0.717) is 12.8 Å². The molecule has 1 aromatic carbocycles. The maximum Gasteiger partial charge on any atom is 0.231 e. The molecule has 1 aromatic rings. The molecule has 20 heavy (non-hydrogen) atoms. The maximum absolute atomic E-state index is 5.45. The molecule has 1 aliphatic heterocycles. The first-order valence-corrected chi connectivity index (χ1v) is 7.35. The zero-order chi connectivity index (χ0) is 14.5. The van der Waals surface area contributed by atoms with Crippen molar-refractivity contribution in [2.45, 2.75) is 26.3 Å². The minimum atomic E-state index is 0.307. The Bertz CT molecular complexity index is 434. The van der Waals surface area contributed by atoms with Crippen molar-refractivity contribution < 1.29 is 9.47 Å². The third-order valence-corrected chi connectivity index (χ3v) is 3.73. The second kappa shape index (κ2) is 6.95. The van der Waals surface area contributed by atoms with Crippen molar-refractivity contribution in [1.82, 2.24) is 10.2 Å². The number of fused-ring (bicyclic) bond motifs is 1. The lowest BCUT2D eigenvalue weighted by molar-refractivity contribution is 0.174. The van der Waals surface area contributed by atoms with E-state index in [-0.39, 0.29) is 0 Å². The SMILES string of the molecule is CNC(CN(C)CCC(C)C)c1ccc2c(c1)OCO2. The van der Waals surface area contributed by atoms with Gasteiger partial charge in [-0.15, -0.1) is 0 Å². The molecule has 112 valence electrons. The van der Waals surface area contributed by atoms with Crippen LogP contribution in [-0.2, 0) is 0 Å². The molecule has 1 atom stereocenters. The number of likely N-dealkylation sites (N-methyl/N-ethyl adjacent to an activating group) is 2. The molecule has 4 heteroatoms. The highest BCUT2D eigenvalue weighted by Gasteiger charge is 2.18. The van der Waals surface area contributed by atoms with E-state index in [2.05, 4.69) is 43.2 Å². The maximum atomic E-state index is 5.45. The molecule has 0 aliphatic carbocycles. The van der Waals surface area contributed by atoms with Gasteiger partial charge in [0.15, 0.2) is 11.5 Å². The third-order valence-electron chi connectivity index (χ3n) is 3.73. The molecule has 4 nitrogen and oxygen atoms in total. The van der Waals surface area contributed by atoms with Crippen molar-refractivity contribution in [3.8, 4) is 11.5 Å². The van der Waals surface area contributed by atoms with E-state index in [0.717, 1.165) is 30.5 Å². The molecule has 1 heterocycles. The fraction of sp³-hybridized carbons (Fsp3) is 0.625. The average Bonchev–Trinajstić information content (AvgIpc) is 2.89. The first-order chi connectivity index (χ1) is 9.60. The number of hydrogen-bond donors (Lipinski definition) is 1. The molecule has 0 saturated heterocycles. The molecule has 0 bridgehead atoms. The van der Waals surface area contributed by atoms with E-state index in [1.54, 1.807) is 0 Å². The summed E-state index contributed by atoms with van der Waals surface area (Å²) >= 11 is 0. The van der Waals surface area contributed by atoms with Crippen molar-refractivity contribution in [1.29, 1.82) is 0 Å². The second-order valence-electron chi connectivity index (χ2n) is 5.90. The van der Waals surface area contributed by atoms with Crippen LogP contribution in [-0.4, -0.2) is 38.9 Å². The van der Waals surface area contributed by atoms with Crippen LogP contribution in [0.15, 0.2) is 18.2 Å². The van der Waals surface area contributed by atoms with Crippen LogP contribution in [0.25, 0.3) is 0 Å². The number of ether oxygens (including phenoxy) is 2. The van der Waals surface area contributed by atoms with Gasteiger partial charge in [-0.05, 0) is 50.7 Å². The van der Waals surface area contributed by atoms with Crippen molar-refractivity contribution in [3.63, 3.8) is 0 Å². The van der Waals surface area contributed by atoms with Crippen molar-refractivity contribution >= 4 is 0 Å². The molecule has 0 aromatic heterocycles. The summed E-state index contributed by atoms with van der Waals surface area (Å²) < 4.78 is 10.8. The van der Waals surface area contributed by atoms with Gasteiger partial charge in [-0.1, -0.05) is 19.9 Å². The van der Waals surface area contributed by atoms with Crippen LogP contribution in [0.4, 0.5) is 0 Å². The van der Waals surface area contributed by atoms with E-state index in [1.165, 1.54) is 12.0 Å². The smallest absolute Gasteiger partial charge is 0.231 e. The minimum absolute atomic E-state index is 0.307. The van der Waals surface area contributed by atoms with E-state index in [4.69, 9.17) is 9.47 Å². The van der Waals surface area contributed by atoms with Gasteiger partial charge in [0.2, 0.25) is 6.79 Å². The lowest BCUT2D eigenvalue weighted by Gasteiger charge is -2.25. The minimum Gasteiger partial charge on any atom is -0.454 e. The van der Waals surface area contributed by atoms with Crippen LogP contribution < -0.4 is 14.8 Å². The number of benzene rings is 1. The Hall–Kier alpha value is -1.26. The highest BCUT2D eigenvalue weighted by Crippen LogP contribution is 2.34. The molecule has 0 saturated carbocycles. The molecular formula is C16H26N2O2. The van der Waals surface area contributed by atoms with Crippen molar-refractivity contribution in [2.24, 2.45) is 5.92 Å². The topological polar surface area (TPSA) is 33.7 Å². The molecule has 0 fully saturated rings. The van der Waals surface area contributed by atoms with Gasteiger partial charge in [0, 0.05) is 12.6 Å². The second-order valence-corrected chi connectivity index (χ2v) is 5.90. The normalized spacial score (nSPS) is 15.1. The van der Waals surface area contributed by atoms with Gasteiger partial charge in [0.25, 0.3) is 0 Å². The van der Waals surface area contributed by atoms with E-state index >= 15 is 0 Å². The zero-order valence-electron chi connectivity index (χ0n) is 13.0. The molecule has 1 unspecified atom stereocenters. The molecule has 0 amide bonds. The summed E-state index contributed by atoms with van der Waals surface area (Å²) in [5, 5.41) is 3.39. The number of nitrogens with zero attached hydrogens (tertiary/aromatic N) is 1. The van der Waals surface area contributed by atoms with Gasteiger partial charge < -0.3 is 19.7 Å². The lowest BCUT2D eigenvalue weighted by Crippen LogP contribution is -2.32. The van der Waals surface area contributed by atoms with Crippen LogP contribution in [0.2, 0.25) is 0 Å². The summed E-state index contributed by atoms with van der Waals surface area (Å²) in [5.74, 6) is 2.44. The van der Waals surface area contributed by atoms with Gasteiger partial charge in [-0.3, -0.25) is 0 Å². The highest BCUT2D eigenvalue weighted by molar-refractivity contribution is 5.45. The standard InChI is InChI=1S/C16H26N2O2/c1-12(2)7-8-18(4)10-14(17-3)13-5-6-15-16(9-13)20-11-19-15/h5-6,9,12,14,17H,7-8,10-11H2,1-4H3. The molecule has 2 rings (SSSR count). The molecule has 0 spiro atoms. The fourth-order valence-electron chi connectivity index (χ4n) is 2.37. The van der Waals surface area contributed by atoms with Crippen LogP contribution in [0.3, 0.4) is 0 Å². The van der Waals surface area contributed by atoms with Crippen molar-refractivity contribution in [3.05, 3.63) is 23.8 Å². The Morgan fingerprint density at radius 1 is 1.25 bits per heavy atom. The van der Waals surface area contributed by atoms with E-state index in [9.17, 15) is 0 Å². The van der Waals surface area contributed by atoms with Crippen molar-refractivity contribution in [2.75, 3.05) is 34.0 Å². The third kappa shape index (κ3) is 3.87. The molecule has 1 N–H and O–H groups in total. The molecular weight excluding hydrogens is 252 g/mol. The Balaban J connectivity index is 1.97. The Morgan fingerprint density at radius 2 is 2.00 bits per heavy atom. The van der Waals surface area contributed by atoms with Crippen LogP contribution >= 0.6 is 0 Å². The van der Waals surface area contributed by atoms with E-state index < -0.39 is 0 Å². The monoisotopic (exact) mass is 278 g/mol.